The largest absolute Gasteiger partial charge is 0.335 e. The fourth-order valence-corrected chi connectivity index (χ4v) is 3.56. The molecule has 0 saturated heterocycles. The maximum Gasteiger partial charge on any atom is 0.224 e. The number of hydrogen-bond acceptors (Lipinski definition) is 6. The van der Waals surface area contributed by atoms with Crippen LogP contribution in [0.3, 0.4) is 0 Å². The summed E-state index contributed by atoms with van der Waals surface area (Å²) in [4.78, 5) is 33.1. The van der Waals surface area contributed by atoms with Crippen LogP contribution < -0.4 is 5.32 Å². The number of aromatic nitrogens is 7. The molecule has 3 N–H and O–H groups in total. The molecule has 9 nitrogen and oxygen atoms in total. The quantitative estimate of drug-likeness (QED) is 0.393. The van der Waals surface area contributed by atoms with E-state index in [9.17, 15) is 4.79 Å². The van der Waals surface area contributed by atoms with E-state index in [1.807, 2.05) is 39.0 Å². The highest BCUT2D eigenvalue weighted by atomic mass is 16.1. The summed E-state index contributed by atoms with van der Waals surface area (Å²) in [6, 6.07) is 5.66. The van der Waals surface area contributed by atoms with Gasteiger partial charge in [-0.25, -0.2) is 4.98 Å². The Morgan fingerprint density at radius 2 is 1.94 bits per heavy atom. The number of fused-ring (bicyclic) bond motifs is 2. The number of amides is 1. The van der Waals surface area contributed by atoms with Gasteiger partial charge in [0.05, 0.1) is 46.5 Å². The Hall–Kier alpha value is -4.14. The molecule has 5 heterocycles. The van der Waals surface area contributed by atoms with Crippen molar-refractivity contribution >= 4 is 33.5 Å². The van der Waals surface area contributed by atoms with Crippen molar-refractivity contribution in [1.29, 1.82) is 0 Å². The van der Waals surface area contributed by atoms with Crippen LogP contribution in [0.4, 0.5) is 5.69 Å². The van der Waals surface area contributed by atoms with Gasteiger partial charge in [-0.3, -0.25) is 24.8 Å². The zero-order chi connectivity index (χ0) is 22.3. The van der Waals surface area contributed by atoms with Crippen LogP contribution in [0.15, 0.2) is 49.2 Å². The Bertz CT molecular complexity index is 1410. The number of rotatable bonds is 4. The number of nitrogens with zero attached hydrogens (tertiary/aromatic N) is 5. The topological polar surface area (TPSA) is 125 Å². The number of carbonyl (C=O) groups is 1. The summed E-state index contributed by atoms with van der Waals surface area (Å²) in [5.74, 6) is 0.606. The van der Waals surface area contributed by atoms with Crippen molar-refractivity contribution in [2.45, 2.75) is 27.2 Å². The third-order valence-electron chi connectivity index (χ3n) is 4.96. The van der Waals surface area contributed by atoms with Gasteiger partial charge in [0.15, 0.2) is 5.82 Å². The molecule has 0 aromatic carbocycles. The third kappa shape index (κ3) is 3.92. The van der Waals surface area contributed by atoms with Crippen LogP contribution in [0.2, 0.25) is 0 Å². The lowest BCUT2D eigenvalue weighted by Crippen LogP contribution is -2.19. The summed E-state index contributed by atoms with van der Waals surface area (Å²) in [6.45, 7) is 6.09. The van der Waals surface area contributed by atoms with E-state index in [-0.39, 0.29) is 11.3 Å². The van der Waals surface area contributed by atoms with Gasteiger partial charge in [0.2, 0.25) is 5.91 Å². The molecule has 0 atom stereocenters. The number of nitrogens with one attached hydrogen (secondary N) is 3. The van der Waals surface area contributed by atoms with Gasteiger partial charge in [0.25, 0.3) is 0 Å². The molecule has 0 unspecified atom stereocenters. The van der Waals surface area contributed by atoms with Crippen molar-refractivity contribution < 1.29 is 4.79 Å². The third-order valence-corrected chi connectivity index (χ3v) is 4.96. The fourth-order valence-electron chi connectivity index (χ4n) is 3.56. The number of carbonyl (C=O) groups excluding carboxylic acids is 1. The van der Waals surface area contributed by atoms with Crippen LogP contribution in [0, 0.1) is 5.41 Å². The van der Waals surface area contributed by atoms with Crippen molar-refractivity contribution in [2.75, 3.05) is 5.32 Å². The summed E-state index contributed by atoms with van der Waals surface area (Å²) in [7, 11) is 0. The standard InChI is InChI=1S/C23H22N8O/c1-23(2,3)8-20(32)27-14-6-13(9-25-10-14)17-7-15-18(12-26-17)30-31-21(15)22-28-16-4-5-24-11-19(16)29-22/h4-7,9-12H,8H2,1-3H3,(H,27,32)(H,28,29)(H,30,31). The summed E-state index contributed by atoms with van der Waals surface area (Å²) >= 11 is 0. The Kier molecular flexibility index (Phi) is 4.66. The second-order valence-electron chi connectivity index (χ2n) is 8.91. The lowest BCUT2D eigenvalue weighted by atomic mass is 9.92. The molecule has 9 heteroatoms. The van der Waals surface area contributed by atoms with Crippen LogP contribution in [0.25, 0.3) is 44.7 Å². The summed E-state index contributed by atoms with van der Waals surface area (Å²) in [5.41, 5.74) is 5.22. The summed E-state index contributed by atoms with van der Waals surface area (Å²) < 4.78 is 0. The molecule has 0 aliphatic rings. The number of imidazole rings is 1. The molecule has 5 rings (SSSR count). The van der Waals surface area contributed by atoms with Gasteiger partial charge in [0, 0.05) is 29.8 Å². The van der Waals surface area contributed by atoms with E-state index in [0.29, 0.717) is 23.6 Å². The van der Waals surface area contributed by atoms with E-state index < -0.39 is 0 Å². The average Bonchev–Trinajstić information content (AvgIpc) is 3.35. The van der Waals surface area contributed by atoms with Crippen molar-refractivity contribution in [2.24, 2.45) is 5.41 Å². The molecule has 0 aliphatic heterocycles. The summed E-state index contributed by atoms with van der Waals surface area (Å²) in [6.07, 6.45) is 8.95. The number of hydrogen-bond donors (Lipinski definition) is 3. The molecule has 0 bridgehead atoms. The number of aromatic amines is 2. The smallest absolute Gasteiger partial charge is 0.224 e. The van der Waals surface area contributed by atoms with E-state index in [2.05, 4.69) is 40.4 Å². The summed E-state index contributed by atoms with van der Waals surface area (Å²) in [5, 5.41) is 11.2. The molecular formula is C23H22N8O. The van der Waals surface area contributed by atoms with E-state index in [1.165, 1.54) is 0 Å². The average molecular weight is 426 g/mol. The van der Waals surface area contributed by atoms with Gasteiger partial charge in [-0.05, 0) is 23.6 Å². The lowest BCUT2D eigenvalue weighted by molar-refractivity contribution is -0.117. The highest BCUT2D eigenvalue weighted by Crippen LogP contribution is 2.29. The minimum atomic E-state index is -0.0912. The van der Waals surface area contributed by atoms with Crippen LogP contribution in [0.1, 0.15) is 27.2 Å². The molecular weight excluding hydrogens is 404 g/mol. The molecule has 1 amide bonds. The first-order chi connectivity index (χ1) is 15.4. The van der Waals surface area contributed by atoms with E-state index in [4.69, 9.17) is 0 Å². The van der Waals surface area contributed by atoms with Gasteiger partial charge < -0.3 is 10.3 Å². The van der Waals surface area contributed by atoms with Crippen molar-refractivity contribution in [3.05, 3.63) is 49.2 Å². The first-order valence-corrected chi connectivity index (χ1v) is 10.3. The van der Waals surface area contributed by atoms with Crippen LogP contribution >= 0.6 is 0 Å². The number of anilines is 1. The molecule has 0 fully saturated rings. The van der Waals surface area contributed by atoms with Gasteiger partial charge in [-0.2, -0.15) is 5.10 Å². The first kappa shape index (κ1) is 19.8. The molecule has 0 aliphatic carbocycles. The maximum atomic E-state index is 12.3. The Morgan fingerprint density at radius 3 is 2.75 bits per heavy atom. The highest BCUT2D eigenvalue weighted by molar-refractivity contribution is 5.95. The van der Waals surface area contributed by atoms with Crippen LogP contribution in [-0.4, -0.2) is 41.0 Å². The highest BCUT2D eigenvalue weighted by Gasteiger charge is 2.17. The van der Waals surface area contributed by atoms with Crippen molar-refractivity contribution in [1.82, 2.24) is 35.1 Å². The molecule has 0 spiro atoms. The maximum absolute atomic E-state index is 12.3. The molecule has 32 heavy (non-hydrogen) atoms. The SMILES string of the molecule is CC(C)(C)CC(=O)Nc1cncc(-c2cc3c(-c4nc5ccncc5[nH]4)n[nH]c3cn2)c1. The Balaban J connectivity index is 1.49. The minimum Gasteiger partial charge on any atom is -0.335 e. The Labute approximate surface area is 183 Å². The molecule has 0 radical (unpaired) electrons. The van der Waals surface area contributed by atoms with Crippen molar-refractivity contribution in [3.8, 4) is 22.8 Å². The van der Waals surface area contributed by atoms with E-state index in [1.54, 1.807) is 31.0 Å². The van der Waals surface area contributed by atoms with Gasteiger partial charge in [-0.15, -0.1) is 0 Å². The van der Waals surface area contributed by atoms with Gasteiger partial charge in [-0.1, -0.05) is 20.8 Å². The Morgan fingerprint density at radius 1 is 1.06 bits per heavy atom. The monoisotopic (exact) mass is 426 g/mol. The molecule has 5 aromatic heterocycles. The molecule has 5 aromatic rings. The zero-order valence-electron chi connectivity index (χ0n) is 18.0. The van der Waals surface area contributed by atoms with Crippen molar-refractivity contribution in [3.63, 3.8) is 0 Å². The number of pyridine rings is 3. The van der Waals surface area contributed by atoms with E-state index in [0.717, 1.165) is 33.2 Å². The molecule has 160 valence electrons. The first-order valence-electron chi connectivity index (χ1n) is 10.3. The second kappa shape index (κ2) is 7.52. The molecule has 0 saturated carbocycles. The number of H-pyrrole nitrogens is 2. The zero-order valence-corrected chi connectivity index (χ0v) is 18.0. The fraction of sp³-hybridized carbons (Fsp3) is 0.217. The lowest BCUT2D eigenvalue weighted by Gasteiger charge is -2.17. The predicted octanol–water partition coefficient (Wildman–Crippen LogP) is 4.33. The van der Waals surface area contributed by atoms with Gasteiger partial charge in [0.1, 0.15) is 5.69 Å². The van der Waals surface area contributed by atoms with Crippen LogP contribution in [0.5, 0.6) is 0 Å². The van der Waals surface area contributed by atoms with Gasteiger partial charge >= 0.3 is 0 Å². The predicted molar refractivity (Wildman–Crippen MR) is 123 cm³/mol. The minimum absolute atomic E-state index is 0.0450. The normalized spacial score (nSPS) is 11.8. The van der Waals surface area contributed by atoms with Crippen LogP contribution in [-0.2, 0) is 4.79 Å². The second-order valence-corrected chi connectivity index (χ2v) is 8.91. The van der Waals surface area contributed by atoms with E-state index >= 15 is 0 Å².